The van der Waals surface area contributed by atoms with Gasteiger partial charge < -0.3 is 14.6 Å². The van der Waals surface area contributed by atoms with Crippen molar-refractivity contribution in [2.75, 3.05) is 26.2 Å². The molecule has 1 aliphatic carbocycles. The van der Waals surface area contributed by atoms with Gasteiger partial charge in [0.2, 0.25) is 0 Å². The maximum atomic E-state index is 10.0. The zero-order chi connectivity index (χ0) is 23.6. The molecule has 2 aliphatic heterocycles. The number of rotatable bonds is 5. The molecule has 0 spiro atoms. The molecule has 0 bridgehead atoms. The highest BCUT2D eigenvalue weighted by Crippen LogP contribution is 2.41. The molecule has 1 N–H and O–H groups in total. The molecule has 35 heavy (non-hydrogen) atoms. The van der Waals surface area contributed by atoms with Gasteiger partial charge in [-0.05, 0) is 83.7 Å². The van der Waals surface area contributed by atoms with Gasteiger partial charge in [-0.15, -0.1) is 0 Å². The standard InChI is InChI=1S/C31H31NO3/c33-26-12-15-28-23(21-26)8-9-25-20-24-6-2-3-7-29(24)35-31(30(25)28)22-10-13-27(14-11-22)34-19-18-32-16-4-1-5-17-32/h2-3,6-15,20-21,29,31,33H,1,4-5,16-19H2. The Morgan fingerprint density at radius 1 is 0.943 bits per heavy atom. The van der Waals surface area contributed by atoms with Crippen molar-refractivity contribution in [3.05, 3.63) is 101 Å². The highest BCUT2D eigenvalue weighted by atomic mass is 16.5. The first kappa shape index (κ1) is 22.1. The van der Waals surface area contributed by atoms with Crippen molar-refractivity contribution in [3.8, 4) is 11.5 Å². The molecular formula is C31H31NO3. The highest BCUT2D eigenvalue weighted by molar-refractivity contribution is 5.91. The van der Waals surface area contributed by atoms with Gasteiger partial charge in [0.1, 0.15) is 30.3 Å². The smallest absolute Gasteiger partial charge is 0.119 e. The number of fused-ring (bicyclic) bond motifs is 4. The zero-order valence-corrected chi connectivity index (χ0v) is 19.9. The van der Waals surface area contributed by atoms with Crippen LogP contribution in [-0.4, -0.2) is 42.4 Å². The van der Waals surface area contributed by atoms with E-state index in [0.717, 1.165) is 45.3 Å². The summed E-state index contributed by atoms with van der Waals surface area (Å²) in [5.41, 5.74) is 4.51. The third-order valence-electron chi connectivity index (χ3n) is 7.27. The Bertz CT molecular complexity index is 1300. The van der Waals surface area contributed by atoms with Crippen LogP contribution >= 0.6 is 0 Å². The molecule has 1 fully saturated rings. The first-order valence-electron chi connectivity index (χ1n) is 12.7. The van der Waals surface area contributed by atoms with E-state index in [9.17, 15) is 5.11 Å². The summed E-state index contributed by atoms with van der Waals surface area (Å²) in [5.74, 6) is 1.16. The van der Waals surface area contributed by atoms with E-state index >= 15 is 0 Å². The first-order valence-corrected chi connectivity index (χ1v) is 12.7. The normalized spacial score (nSPS) is 21.8. The lowest BCUT2D eigenvalue weighted by Gasteiger charge is -2.26. The summed E-state index contributed by atoms with van der Waals surface area (Å²) in [6.45, 7) is 4.07. The predicted molar refractivity (Wildman–Crippen MR) is 141 cm³/mol. The second kappa shape index (κ2) is 9.73. The average Bonchev–Trinajstić information content (AvgIpc) is 3.06. The summed E-state index contributed by atoms with van der Waals surface area (Å²) < 4.78 is 12.8. The van der Waals surface area contributed by atoms with Gasteiger partial charge in [-0.3, -0.25) is 4.90 Å². The molecule has 4 nitrogen and oxygen atoms in total. The van der Waals surface area contributed by atoms with E-state index in [1.807, 2.05) is 18.2 Å². The lowest BCUT2D eigenvalue weighted by molar-refractivity contribution is 0.0602. The van der Waals surface area contributed by atoms with Gasteiger partial charge in [0.15, 0.2) is 0 Å². The van der Waals surface area contributed by atoms with E-state index in [2.05, 4.69) is 65.6 Å². The first-order chi connectivity index (χ1) is 17.2. The number of phenolic OH excluding ortho intramolecular Hbond substituents is 1. The van der Waals surface area contributed by atoms with Gasteiger partial charge in [0.25, 0.3) is 0 Å². The quantitative estimate of drug-likeness (QED) is 0.473. The van der Waals surface area contributed by atoms with Crippen molar-refractivity contribution in [2.45, 2.75) is 31.5 Å². The third kappa shape index (κ3) is 4.64. The summed E-state index contributed by atoms with van der Waals surface area (Å²) >= 11 is 0. The number of allylic oxidation sites excluding steroid dienone is 2. The van der Waals surface area contributed by atoms with Gasteiger partial charge in [-0.2, -0.15) is 0 Å². The van der Waals surface area contributed by atoms with Crippen LogP contribution in [0.25, 0.3) is 16.8 Å². The largest absolute Gasteiger partial charge is 0.508 e. The summed E-state index contributed by atoms with van der Waals surface area (Å²) in [5, 5.41) is 12.1. The van der Waals surface area contributed by atoms with Crippen LogP contribution in [0.2, 0.25) is 0 Å². The minimum absolute atomic E-state index is 0.106. The number of nitrogens with zero attached hydrogens (tertiary/aromatic N) is 1. The number of aromatic hydroxyl groups is 1. The van der Waals surface area contributed by atoms with Crippen LogP contribution in [0.4, 0.5) is 0 Å². The molecule has 4 heteroatoms. The Hall–Kier alpha value is -3.34. The van der Waals surface area contributed by atoms with Gasteiger partial charge in [0.05, 0.1) is 0 Å². The van der Waals surface area contributed by atoms with Crippen LogP contribution in [0.1, 0.15) is 42.1 Å². The summed E-state index contributed by atoms with van der Waals surface area (Å²) in [4.78, 5) is 2.49. The number of hydrogen-bond acceptors (Lipinski definition) is 4. The van der Waals surface area contributed by atoms with Gasteiger partial charge >= 0.3 is 0 Å². The zero-order valence-electron chi connectivity index (χ0n) is 19.9. The monoisotopic (exact) mass is 465 g/mol. The maximum Gasteiger partial charge on any atom is 0.119 e. The average molecular weight is 466 g/mol. The van der Waals surface area contributed by atoms with Crippen molar-refractivity contribution < 1.29 is 14.6 Å². The molecule has 2 heterocycles. The van der Waals surface area contributed by atoms with E-state index in [1.165, 1.54) is 32.4 Å². The molecule has 6 rings (SSSR count). The fourth-order valence-corrected chi connectivity index (χ4v) is 5.42. The Morgan fingerprint density at radius 2 is 1.80 bits per heavy atom. The molecule has 3 aromatic rings. The second-order valence-corrected chi connectivity index (χ2v) is 9.62. The summed E-state index contributed by atoms with van der Waals surface area (Å²) in [6.07, 6.45) is 14.2. The van der Waals surface area contributed by atoms with E-state index in [1.54, 1.807) is 6.07 Å². The predicted octanol–water partition coefficient (Wildman–Crippen LogP) is 6.41. The van der Waals surface area contributed by atoms with Crippen molar-refractivity contribution in [3.63, 3.8) is 0 Å². The van der Waals surface area contributed by atoms with E-state index < -0.39 is 0 Å². The summed E-state index contributed by atoms with van der Waals surface area (Å²) in [7, 11) is 0. The molecule has 1 saturated heterocycles. The molecule has 0 amide bonds. The van der Waals surface area contributed by atoms with Crippen LogP contribution in [0.5, 0.6) is 11.5 Å². The Labute approximate surface area is 206 Å². The molecule has 0 saturated carbocycles. The molecule has 2 unspecified atom stereocenters. The summed E-state index contributed by atoms with van der Waals surface area (Å²) in [6, 6.07) is 18.1. The minimum atomic E-state index is -0.240. The molecule has 178 valence electrons. The van der Waals surface area contributed by atoms with Gasteiger partial charge in [0, 0.05) is 12.1 Å². The van der Waals surface area contributed by atoms with E-state index in [-0.39, 0.29) is 18.0 Å². The number of piperidine rings is 1. The number of likely N-dealkylation sites (tertiary alicyclic amines) is 1. The Balaban J connectivity index is 1.30. The topological polar surface area (TPSA) is 41.9 Å². The SMILES string of the molecule is Oc1ccc2c3c(ccc2c1)C=C1C=CC=CC1OC3c1ccc(OCCN2CCCCC2)cc1. The van der Waals surface area contributed by atoms with Crippen molar-refractivity contribution in [2.24, 2.45) is 0 Å². The minimum Gasteiger partial charge on any atom is -0.508 e. The fourth-order valence-electron chi connectivity index (χ4n) is 5.42. The van der Waals surface area contributed by atoms with Gasteiger partial charge in [-0.1, -0.05) is 61.1 Å². The van der Waals surface area contributed by atoms with Crippen molar-refractivity contribution in [1.29, 1.82) is 0 Å². The number of benzene rings is 3. The molecule has 0 aromatic heterocycles. The number of ether oxygens (including phenoxy) is 2. The third-order valence-corrected chi connectivity index (χ3v) is 7.27. The Kier molecular flexibility index (Phi) is 6.15. The molecule has 3 aliphatic rings. The molecule has 2 atom stereocenters. The highest BCUT2D eigenvalue weighted by Gasteiger charge is 2.28. The fraction of sp³-hybridized carbons (Fsp3) is 0.290. The second-order valence-electron chi connectivity index (χ2n) is 9.62. The van der Waals surface area contributed by atoms with E-state index in [0.29, 0.717) is 6.61 Å². The molecule has 0 radical (unpaired) electrons. The van der Waals surface area contributed by atoms with Crippen LogP contribution < -0.4 is 4.74 Å². The lowest BCUT2D eigenvalue weighted by atomic mass is 9.91. The van der Waals surface area contributed by atoms with Crippen LogP contribution in [0.3, 0.4) is 0 Å². The van der Waals surface area contributed by atoms with Crippen LogP contribution in [0.15, 0.2) is 84.5 Å². The van der Waals surface area contributed by atoms with Crippen molar-refractivity contribution >= 4 is 16.8 Å². The lowest BCUT2D eigenvalue weighted by Crippen LogP contribution is -2.33. The Morgan fingerprint density at radius 3 is 2.66 bits per heavy atom. The van der Waals surface area contributed by atoms with Crippen LogP contribution in [-0.2, 0) is 4.74 Å². The maximum absolute atomic E-state index is 10.0. The molecule has 3 aromatic carbocycles. The molecular weight excluding hydrogens is 434 g/mol. The van der Waals surface area contributed by atoms with Gasteiger partial charge in [-0.25, -0.2) is 0 Å². The van der Waals surface area contributed by atoms with Crippen LogP contribution in [0, 0.1) is 0 Å². The van der Waals surface area contributed by atoms with Crippen molar-refractivity contribution in [1.82, 2.24) is 4.90 Å². The number of hydrogen-bond donors (Lipinski definition) is 1. The number of phenols is 1. The van der Waals surface area contributed by atoms with E-state index in [4.69, 9.17) is 9.47 Å².